The van der Waals surface area contributed by atoms with E-state index in [2.05, 4.69) is 0 Å². The molecule has 0 saturated carbocycles. The summed E-state index contributed by atoms with van der Waals surface area (Å²) < 4.78 is 53.1. The van der Waals surface area contributed by atoms with Crippen molar-refractivity contribution in [2.45, 2.75) is 37.0 Å². The Bertz CT molecular complexity index is 1320. The van der Waals surface area contributed by atoms with E-state index < -0.39 is 20.6 Å². The van der Waals surface area contributed by atoms with Crippen LogP contribution in [0.15, 0.2) is 121 Å². The van der Waals surface area contributed by atoms with E-state index in [4.69, 9.17) is 18.1 Å². The van der Waals surface area contributed by atoms with Crippen molar-refractivity contribution >= 4 is 15.2 Å². The van der Waals surface area contributed by atoms with Gasteiger partial charge in [0, 0.05) is 0 Å². The molecular weight excluding hydrogens is 578 g/mol. The van der Waals surface area contributed by atoms with Crippen molar-refractivity contribution in [2.24, 2.45) is 5.41 Å². The highest BCUT2D eigenvalue weighted by molar-refractivity contribution is 7.55. The van der Waals surface area contributed by atoms with Gasteiger partial charge >= 0.3 is 15.2 Å². The predicted octanol–water partition coefficient (Wildman–Crippen LogP) is 8.16. The SMILES string of the molecule is O=P1(C(Cc2ccccc2)Cc2ccccc2)OCC2(CO1)COP(=O)(C(Cc1ccccc1)Cc1ccccc1)OC2. The van der Waals surface area contributed by atoms with E-state index >= 15 is 0 Å². The number of rotatable bonds is 10. The Kier molecular flexibility index (Phi) is 9.45. The summed E-state index contributed by atoms with van der Waals surface area (Å²) in [4.78, 5) is 0. The Labute approximate surface area is 254 Å². The monoisotopic (exact) mass is 616 g/mol. The molecule has 6 rings (SSSR count). The Hall–Kier alpha value is -2.82. The van der Waals surface area contributed by atoms with Crippen LogP contribution < -0.4 is 0 Å². The molecule has 0 N–H and O–H groups in total. The Morgan fingerprint density at radius 1 is 0.442 bits per heavy atom. The Morgan fingerprint density at radius 2 is 0.674 bits per heavy atom. The third kappa shape index (κ3) is 7.46. The lowest BCUT2D eigenvalue weighted by atomic mass is 9.93. The van der Waals surface area contributed by atoms with Crippen LogP contribution in [0.5, 0.6) is 0 Å². The third-order valence-electron chi connectivity index (χ3n) is 8.35. The van der Waals surface area contributed by atoms with Gasteiger partial charge in [0.25, 0.3) is 0 Å². The van der Waals surface area contributed by atoms with Gasteiger partial charge in [-0.3, -0.25) is 9.13 Å². The van der Waals surface area contributed by atoms with Crippen LogP contribution in [0.4, 0.5) is 0 Å². The van der Waals surface area contributed by atoms with Crippen molar-refractivity contribution in [3.8, 4) is 0 Å². The van der Waals surface area contributed by atoms with E-state index in [1.807, 2.05) is 121 Å². The minimum absolute atomic E-state index is 0.159. The Balaban J connectivity index is 1.15. The molecule has 224 valence electrons. The molecule has 0 unspecified atom stereocenters. The molecule has 6 nitrogen and oxygen atoms in total. The van der Waals surface area contributed by atoms with Crippen molar-refractivity contribution in [3.05, 3.63) is 144 Å². The first-order valence-corrected chi connectivity index (χ1v) is 18.1. The molecule has 0 atom stereocenters. The minimum atomic E-state index is -3.47. The summed E-state index contributed by atoms with van der Waals surface area (Å²) in [5, 5.41) is 0. The zero-order valence-electron chi connectivity index (χ0n) is 24.2. The van der Waals surface area contributed by atoms with Gasteiger partial charge in [0.05, 0.1) is 43.2 Å². The van der Waals surface area contributed by atoms with E-state index in [-0.39, 0.29) is 37.7 Å². The summed E-state index contributed by atoms with van der Waals surface area (Å²) in [6.45, 7) is 0.636. The van der Waals surface area contributed by atoms with E-state index in [0.717, 1.165) is 22.3 Å². The normalized spacial score (nSPS) is 25.7. The lowest BCUT2D eigenvalue weighted by Gasteiger charge is -2.45. The molecule has 0 aliphatic carbocycles. The highest BCUT2D eigenvalue weighted by Gasteiger charge is 2.52. The molecule has 2 fully saturated rings. The van der Waals surface area contributed by atoms with Crippen molar-refractivity contribution in [2.75, 3.05) is 26.4 Å². The first-order chi connectivity index (χ1) is 20.9. The van der Waals surface area contributed by atoms with Crippen LogP contribution in [0.3, 0.4) is 0 Å². The van der Waals surface area contributed by atoms with Crippen molar-refractivity contribution in [1.29, 1.82) is 0 Å². The molecule has 0 bridgehead atoms. The molecule has 4 aromatic carbocycles. The van der Waals surface area contributed by atoms with Crippen LogP contribution in [-0.2, 0) is 52.9 Å². The lowest BCUT2D eigenvalue weighted by Crippen LogP contribution is -2.47. The number of hydrogen-bond donors (Lipinski definition) is 0. The topological polar surface area (TPSA) is 71.1 Å². The van der Waals surface area contributed by atoms with Crippen LogP contribution in [0.25, 0.3) is 0 Å². The van der Waals surface area contributed by atoms with Crippen molar-refractivity contribution in [3.63, 3.8) is 0 Å². The van der Waals surface area contributed by atoms with Gasteiger partial charge < -0.3 is 18.1 Å². The van der Waals surface area contributed by atoms with Crippen molar-refractivity contribution in [1.82, 2.24) is 0 Å². The number of benzene rings is 4. The van der Waals surface area contributed by atoms with E-state index in [1.165, 1.54) is 0 Å². The lowest BCUT2D eigenvalue weighted by molar-refractivity contribution is -0.0711. The third-order valence-corrected chi connectivity index (χ3v) is 12.8. The summed E-state index contributed by atoms with van der Waals surface area (Å²) in [5.74, 6) is 0. The summed E-state index contributed by atoms with van der Waals surface area (Å²) in [6, 6.07) is 40.1. The average molecular weight is 617 g/mol. The van der Waals surface area contributed by atoms with Gasteiger partial charge in [-0.05, 0) is 47.9 Å². The van der Waals surface area contributed by atoms with Gasteiger partial charge in [-0.2, -0.15) is 0 Å². The molecule has 0 aromatic heterocycles. The highest BCUT2D eigenvalue weighted by atomic mass is 31.2. The molecule has 2 aliphatic heterocycles. The van der Waals surface area contributed by atoms with Gasteiger partial charge in [-0.15, -0.1) is 0 Å². The molecule has 1 spiro atoms. The smallest absolute Gasteiger partial charge is 0.308 e. The molecule has 2 saturated heterocycles. The van der Waals surface area contributed by atoms with Crippen LogP contribution in [0, 0.1) is 5.41 Å². The molecule has 8 heteroatoms. The van der Waals surface area contributed by atoms with Gasteiger partial charge in [-0.1, -0.05) is 121 Å². The molecule has 0 amide bonds. The molecule has 4 aromatic rings. The van der Waals surface area contributed by atoms with Crippen LogP contribution >= 0.6 is 15.2 Å². The highest BCUT2D eigenvalue weighted by Crippen LogP contribution is 2.64. The van der Waals surface area contributed by atoms with Gasteiger partial charge in [0.15, 0.2) is 0 Å². The second kappa shape index (κ2) is 13.4. The summed E-state index contributed by atoms with van der Waals surface area (Å²) in [7, 11) is -6.94. The van der Waals surface area contributed by atoms with Crippen LogP contribution in [-0.4, -0.2) is 37.7 Å². The van der Waals surface area contributed by atoms with E-state index in [1.54, 1.807) is 0 Å². The zero-order valence-corrected chi connectivity index (χ0v) is 26.0. The summed E-state index contributed by atoms with van der Waals surface area (Å²) in [6.07, 6.45) is 2.29. The maximum absolute atomic E-state index is 14.2. The van der Waals surface area contributed by atoms with Crippen LogP contribution in [0.1, 0.15) is 22.3 Å². The summed E-state index contributed by atoms with van der Waals surface area (Å²) >= 11 is 0. The second-order valence-corrected chi connectivity index (χ2v) is 16.4. The molecule has 2 heterocycles. The van der Waals surface area contributed by atoms with Gasteiger partial charge in [0.2, 0.25) is 0 Å². The van der Waals surface area contributed by atoms with E-state index in [0.29, 0.717) is 25.7 Å². The fraction of sp³-hybridized carbons (Fsp3) is 0.314. The number of hydrogen-bond acceptors (Lipinski definition) is 6. The predicted molar refractivity (Wildman–Crippen MR) is 170 cm³/mol. The minimum Gasteiger partial charge on any atom is -0.308 e. The molecule has 43 heavy (non-hydrogen) atoms. The van der Waals surface area contributed by atoms with Crippen LogP contribution in [0.2, 0.25) is 0 Å². The molecular formula is C35H38O6P2. The first-order valence-electron chi connectivity index (χ1n) is 14.9. The zero-order chi connectivity index (χ0) is 29.6. The van der Waals surface area contributed by atoms with Crippen molar-refractivity contribution < 1.29 is 27.2 Å². The standard InChI is InChI=1S/C35H38O6P2/c36-42(33(21-29-13-5-1-6-14-29)22-30-15-7-2-8-16-30)38-25-35(26-39-42)27-40-43(37,41-28-35)34(23-31-17-9-3-10-18-31)24-32-19-11-4-12-20-32/h1-20,33-34H,21-28H2. The average Bonchev–Trinajstić information content (AvgIpc) is 3.05. The van der Waals surface area contributed by atoms with Gasteiger partial charge in [-0.25, -0.2) is 0 Å². The quantitative estimate of drug-likeness (QED) is 0.168. The summed E-state index contributed by atoms with van der Waals surface area (Å²) in [5.41, 5.74) is 2.98. The van der Waals surface area contributed by atoms with E-state index in [9.17, 15) is 9.13 Å². The second-order valence-electron chi connectivity index (χ2n) is 11.7. The maximum Gasteiger partial charge on any atom is 0.334 e. The molecule has 2 aliphatic rings. The van der Waals surface area contributed by atoms with Gasteiger partial charge in [0.1, 0.15) is 0 Å². The fourth-order valence-electron chi connectivity index (χ4n) is 5.79. The Morgan fingerprint density at radius 3 is 0.907 bits per heavy atom. The largest absolute Gasteiger partial charge is 0.334 e. The fourth-order valence-corrected chi connectivity index (χ4v) is 10.3. The molecule has 0 radical (unpaired) electrons. The maximum atomic E-state index is 14.2. The first kappa shape index (κ1) is 30.2.